The summed E-state index contributed by atoms with van der Waals surface area (Å²) in [5, 5.41) is 0. The number of aromatic nitrogens is 3. The summed E-state index contributed by atoms with van der Waals surface area (Å²) in [5.74, 6) is 1.68. The third kappa shape index (κ3) is 3.48. The van der Waals surface area contributed by atoms with Crippen LogP contribution in [0, 0.1) is 12.8 Å². The van der Waals surface area contributed by atoms with Gasteiger partial charge in [0, 0.05) is 49.1 Å². The van der Waals surface area contributed by atoms with Crippen molar-refractivity contribution >= 4 is 5.91 Å². The summed E-state index contributed by atoms with van der Waals surface area (Å²) in [6, 6.07) is 4.00. The van der Waals surface area contributed by atoms with Crippen molar-refractivity contribution in [3.05, 3.63) is 42.2 Å². The van der Waals surface area contributed by atoms with E-state index in [-0.39, 0.29) is 11.8 Å². The van der Waals surface area contributed by atoms with Gasteiger partial charge in [0.2, 0.25) is 5.91 Å². The molecule has 0 unspecified atom stereocenters. The fourth-order valence-electron chi connectivity index (χ4n) is 4.38. The molecule has 5 nitrogen and oxygen atoms in total. The molecule has 136 valence electrons. The van der Waals surface area contributed by atoms with Crippen LogP contribution in [0.5, 0.6) is 0 Å². The molecule has 0 bridgehead atoms. The Morgan fingerprint density at radius 3 is 2.65 bits per heavy atom. The Balaban J connectivity index is 1.60. The maximum atomic E-state index is 12.9. The van der Waals surface area contributed by atoms with Crippen LogP contribution in [0.15, 0.2) is 30.7 Å². The number of carbonyl (C=O) groups is 1. The lowest BCUT2D eigenvalue weighted by molar-refractivity contribution is -0.136. The smallest absolute Gasteiger partial charge is 0.225 e. The Morgan fingerprint density at radius 1 is 1.12 bits per heavy atom. The van der Waals surface area contributed by atoms with Gasteiger partial charge in [-0.05, 0) is 50.3 Å². The first kappa shape index (κ1) is 17.1. The largest absolute Gasteiger partial charge is 0.342 e. The molecule has 5 heteroatoms. The van der Waals surface area contributed by atoms with Crippen molar-refractivity contribution in [2.75, 3.05) is 13.1 Å². The lowest BCUT2D eigenvalue weighted by atomic mass is 9.89. The number of hydrogen-bond donors (Lipinski definition) is 0. The molecule has 2 aromatic heterocycles. The number of carbonyl (C=O) groups excluding carboxylic acids is 1. The average Bonchev–Trinajstić information content (AvgIpc) is 3.23. The number of nitrogens with zero attached hydrogens (tertiary/aromatic N) is 4. The second kappa shape index (κ2) is 7.52. The van der Waals surface area contributed by atoms with Crippen LogP contribution < -0.4 is 0 Å². The van der Waals surface area contributed by atoms with Crippen molar-refractivity contribution in [3.63, 3.8) is 0 Å². The van der Waals surface area contributed by atoms with E-state index in [9.17, 15) is 4.79 Å². The molecule has 2 aliphatic rings. The monoisotopic (exact) mass is 350 g/mol. The van der Waals surface area contributed by atoms with Crippen LogP contribution in [0.1, 0.15) is 56.0 Å². The first-order valence-electron chi connectivity index (χ1n) is 9.75. The average molecular weight is 350 g/mol. The van der Waals surface area contributed by atoms with E-state index in [0.29, 0.717) is 5.91 Å². The lowest BCUT2D eigenvalue weighted by Crippen LogP contribution is -2.42. The second-order valence-corrected chi connectivity index (χ2v) is 7.56. The molecule has 1 aliphatic carbocycles. The molecule has 0 N–H and O–H groups in total. The molecular formula is C21H26N4O. The van der Waals surface area contributed by atoms with Gasteiger partial charge in [0.1, 0.15) is 5.82 Å². The number of piperidine rings is 1. The van der Waals surface area contributed by atoms with E-state index in [1.807, 2.05) is 25.3 Å². The minimum absolute atomic E-state index is 0.251. The van der Waals surface area contributed by atoms with Gasteiger partial charge in [-0.2, -0.15) is 0 Å². The summed E-state index contributed by atoms with van der Waals surface area (Å²) >= 11 is 0. The van der Waals surface area contributed by atoms with Crippen molar-refractivity contribution < 1.29 is 4.79 Å². The molecule has 1 saturated heterocycles. The van der Waals surface area contributed by atoms with E-state index in [1.165, 1.54) is 12.8 Å². The number of pyridine rings is 1. The van der Waals surface area contributed by atoms with E-state index in [1.54, 1.807) is 12.4 Å². The minimum Gasteiger partial charge on any atom is -0.342 e. The maximum Gasteiger partial charge on any atom is 0.225 e. The molecule has 0 spiro atoms. The maximum absolute atomic E-state index is 12.9. The normalized spacial score (nSPS) is 21.1. The topological polar surface area (TPSA) is 59.0 Å². The van der Waals surface area contributed by atoms with Gasteiger partial charge in [0.05, 0.1) is 5.69 Å². The van der Waals surface area contributed by atoms with Crippen molar-refractivity contribution in [2.24, 2.45) is 5.92 Å². The molecule has 1 amide bonds. The van der Waals surface area contributed by atoms with Crippen LogP contribution in [0.4, 0.5) is 0 Å². The highest BCUT2D eigenvalue weighted by atomic mass is 16.2. The zero-order valence-corrected chi connectivity index (χ0v) is 15.4. The van der Waals surface area contributed by atoms with E-state index >= 15 is 0 Å². The Bertz CT molecular complexity index is 771. The highest BCUT2D eigenvalue weighted by Gasteiger charge is 2.32. The van der Waals surface area contributed by atoms with Gasteiger partial charge in [-0.1, -0.05) is 12.8 Å². The second-order valence-electron chi connectivity index (χ2n) is 7.56. The molecule has 0 aromatic carbocycles. The Hall–Kier alpha value is -2.30. The van der Waals surface area contributed by atoms with Gasteiger partial charge in [-0.15, -0.1) is 0 Å². The number of rotatable bonds is 3. The molecule has 26 heavy (non-hydrogen) atoms. The molecule has 4 rings (SSSR count). The van der Waals surface area contributed by atoms with Crippen molar-refractivity contribution in [1.82, 2.24) is 19.9 Å². The molecule has 2 fully saturated rings. The van der Waals surface area contributed by atoms with E-state index in [2.05, 4.69) is 14.9 Å². The van der Waals surface area contributed by atoms with Gasteiger partial charge >= 0.3 is 0 Å². The highest BCUT2D eigenvalue weighted by Crippen LogP contribution is 2.34. The minimum atomic E-state index is 0.251. The van der Waals surface area contributed by atoms with Crippen LogP contribution in [0.2, 0.25) is 0 Å². The SMILES string of the molecule is Cc1ncc(-c2ccncc2)c([C@H]2CCCN(C(=O)C3CCCC3)C2)n1. The van der Waals surface area contributed by atoms with E-state index in [0.717, 1.165) is 61.4 Å². The van der Waals surface area contributed by atoms with Gasteiger partial charge < -0.3 is 4.90 Å². The number of aryl methyl sites for hydroxylation is 1. The number of hydrogen-bond acceptors (Lipinski definition) is 4. The predicted molar refractivity (Wildman–Crippen MR) is 101 cm³/mol. The van der Waals surface area contributed by atoms with Crippen LogP contribution in [0.3, 0.4) is 0 Å². The van der Waals surface area contributed by atoms with Crippen LogP contribution >= 0.6 is 0 Å². The standard InChI is InChI=1S/C21H26N4O/c1-15-23-13-19(16-8-10-22-11-9-16)20(24-15)18-7-4-12-25(14-18)21(26)17-5-2-3-6-17/h8-11,13,17-18H,2-7,12,14H2,1H3/t18-/m0/s1. The summed E-state index contributed by atoms with van der Waals surface area (Å²) in [7, 11) is 0. The first-order chi connectivity index (χ1) is 12.7. The van der Waals surface area contributed by atoms with Crippen LogP contribution in [-0.4, -0.2) is 38.8 Å². The van der Waals surface area contributed by atoms with Crippen molar-refractivity contribution in [3.8, 4) is 11.1 Å². The van der Waals surface area contributed by atoms with Gasteiger partial charge in [0.15, 0.2) is 0 Å². The van der Waals surface area contributed by atoms with E-state index < -0.39 is 0 Å². The zero-order chi connectivity index (χ0) is 17.9. The van der Waals surface area contributed by atoms with Gasteiger partial charge in [-0.3, -0.25) is 9.78 Å². The number of amides is 1. The zero-order valence-electron chi connectivity index (χ0n) is 15.4. The summed E-state index contributed by atoms with van der Waals surface area (Å²) in [6.07, 6.45) is 12.2. The van der Waals surface area contributed by atoms with Crippen molar-refractivity contribution in [2.45, 2.75) is 51.4 Å². The van der Waals surface area contributed by atoms with Gasteiger partial charge in [-0.25, -0.2) is 9.97 Å². The molecule has 3 heterocycles. The molecule has 1 atom stereocenters. The third-order valence-electron chi connectivity index (χ3n) is 5.75. The van der Waals surface area contributed by atoms with Gasteiger partial charge in [0.25, 0.3) is 0 Å². The summed E-state index contributed by atoms with van der Waals surface area (Å²) < 4.78 is 0. The fourth-order valence-corrected chi connectivity index (χ4v) is 4.38. The molecular weight excluding hydrogens is 324 g/mol. The third-order valence-corrected chi connectivity index (χ3v) is 5.75. The highest BCUT2D eigenvalue weighted by molar-refractivity contribution is 5.79. The molecule has 2 aromatic rings. The molecule has 1 saturated carbocycles. The fraction of sp³-hybridized carbons (Fsp3) is 0.524. The quantitative estimate of drug-likeness (QED) is 0.846. The Kier molecular flexibility index (Phi) is 4.96. The molecule has 1 aliphatic heterocycles. The Labute approximate surface area is 154 Å². The first-order valence-corrected chi connectivity index (χ1v) is 9.75. The number of likely N-dealkylation sites (tertiary alicyclic amines) is 1. The lowest BCUT2D eigenvalue weighted by Gasteiger charge is -2.34. The van der Waals surface area contributed by atoms with Crippen LogP contribution in [-0.2, 0) is 4.79 Å². The molecule has 0 radical (unpaired) electrons. The summed E-state index contributed by atoms with van der Waals surface area (Å²) in [5.41, 5.74) is 3.24. The predicted octanol–water partition coefficient (Wildman–Crippen LogP) is 3.74. The Morgan fingerprint density at radius 2 is 1.88 bits per heavy atom. The van der Waals surface area contributed by atoms with Crippen LogP contribution in [0.25, 0.3) is 11.1 Å². The van der Waals surface area contributed by atoms with Crippen molar-refractivity contribution in [1.29, 1.82) is 0 Å². The summed E-state index contributed by atoms with van der Waals surface area (Å²) in [4.78, 5) is 28.3. The summed E-state index contributed by atoms with van der Waals surface area (Å²) in [6.45, 7) is 3.61. The van der Waals surface area contributed by atoms with E-state index in [4.69, 9.17) is 4.98 Å².